The molecule has 6 heteroatoms. The van der Waals surface area contributed by atoms with Gasteiger partial charge >= 0.3 is 0 Å². The third-order valence-corrected chi connectivity index (χ3v) is 7.49. The van der Waals surface area contributed by atoms with Gasteiger partial charge in [-0.25, -0.2) is 0 Å². The lowest BCUT2D eigenvalue weighted by molar-refractivity contribution is -0.125. The summed E-state index contributed by atoms with van der Waals surface area (Å²) in [5.41, 5.74) is -0.340. The highest BCUT2D eigenvalue weighted by atomic mass is 16.2. The molecule has 3 amide bonds. The lowest BCUT2D eigenvalue weighted by Gasteiger charge is -2.37. The molecule has 0 spiro atoms. The quantitative estimate of drug-likeness (QED) is 0.224. The summed E-state index contributed by atoms with van der Waals surface area (Å²) in [7, 11) is 0. The Balaban J connectivity index is 6.44. The minimum atomic E-state index is -0.365. The zero-order chi connectivity index (χ0) is 33.7. The first-order chi connectivity index (χ1) is 18.3. The zero-order valence-electron chi connectivity index (χ0n) is 30.9. The number of rotatable bonds is 10. The monoisotopic (exact) mass is 592 g/mol. The largest absolute Gasteiger partial charge is 0.353 e. The standard InChI is InChI=1S/C36H69N3O3/c1-31(2,3)21-25(34(10,11)12)37-28(40)19-24(30(42)39-27(36(16,17)18)23-33(7,8)9)20-29(41)38-26(35(13,14)15)22-32(4,5)6/h19,25-27H,20-23H2,1-18H3,(H,37,40)(H,38,41)(H,39,42). The third-order valence-electron chi connectivity index (χ3n) is 7.49. The molecular weight excluding hydrogens is 522 g/mol. The molecule has 0 saturated heterocycles. The number of amides is 3. The molecule has 0 aliphatic rings. The summed E-state index contributed by atoms with van der Waals surface area (Å²) >= 11 is 0. The molecule has 0 aromatic rings. The van der Waals surface area contributed by atoms with E-state index in [1.807, 2.05) is 0 Å². The Kier molecular flexibility index (Phi) is 13.7. The van der Waals surface area contributed by atoms with Crippen molar-refractivity contribution in [3.8, 4) is 0 Å². The average molecular weight is 592 g/mol. The van der Waals surface area contributed by atoms with Gasteiger partial charge in [-0.2, -0.15) is 0 Å². The molecule has 3 unspecified atom stereocenters. The van der Waals surface area contributed by atoms with Gasteiger partial charge in [-0.15, -0.1) is 0 Å². The van der Waals surface area contributed by atoms with Crippen molar-refractivity contribution in [2.24, 2.45) is 32.5 Å². The van der Waals surface area contributed by atoms with Crippen molar-refractivity contribution >= 4 is 17.7 Å². The van der Waals surface area contributed by atoms with Crippen LogP contribution < -0.4 is 16.0 Å². The molecule has 0 aromatic heterocycles. The van der Waals surface area contributed by atoms with Crippen molar-refractivity contribution in [3.05, 3.63) is 11.6 Å². The Labute approximate surface area is 260 Å². The van der Waals surface area contributed by atoms with Gasteiger partial charge in [0.15, 0.2) is 0 Å². The minimum Gasteiger partial charge on any atom is -0.353 e. The number of carbonyl (C=O) groups excluding carboxylic acids is 3. The summed E-state index contributed by atoms with van der Waals surface area (Å²) in [4.78, 5) is 40.8. The highest BCUT2D eigenvalue weighted by Crippen LogP contribution is 2.33. The third kappa shape index (κ3) is 17.3. The van der Waals surface area contributed by atoms with Crippen LogP contribution in [0, 0.1) is 32.5 Å². The predicted molar refractivity (Wildman–Crippen MR) is 179 cm³/mol. The topological polar surface area (TPSA) is 87.3 Å². The maximum absolute atomic E-state index is 13.8. The molecule has 0 saturated carbocycles. The highest BCUT2D eigenvalue weighted by Gasteiger charge is 2.34. The van der Waals surface area contributed by atoms with E-state index in [2.05, 4.69) is 141 Å². The van der Waals surface area contributed by atoms with Gasteiger partial charge in [0.1, 0.15) is 0 Å². The molecule has 246 valence electrons. The van der Waals surface area contributed by atoms with Gasteiger partial charge in [-0.3, -0.25) is 14.4 Å². The van der Waals surface area contributed by atoms with Gasteiger partial charge in [0.2, 0.25) is 17.7 Å². The molecular formula is C36H69N3O3. The van der Waals surface area contributed by atoms with Gasteiger partial charge in [-0.05, 0) is 51.8 Å². The molecule has 0 heterocycles. The second kappa shape index (κ2) is 14.3. The Morgan fingerprint density at radius 2 is 0.810 bits per heavy atom. The molecule has 0 fully saturated rings. The number of carbonyl (C=O) groups is 3. The van der Waals surface area contributed by atoms with Crippen LogP contribution in [0.1, 0.15) is 150 Å². The fourth-order valence-corrected chi connectivity index (χ4v) is 4.80. The lowest BCUT2D eigenvalue weighted by atomic mass is 9.76. The lowest BCUT2D eigenvalue weighted by Crippen LogP contribution is -2.48. The van der Waals surface area contributed by atoms with Crippen LogP contribution >= 0.6 is 0 Å². The summed E-state index contributed by atoms with van der Waals surface area (Å²) in [5.74, 6) is -0.961. The molecule has 42 heavy (non-hydrogen) atoms. The Morgan fingerprint density at radius 1 is 0.500 bits per heavy atom. The molecule has 3 N–H and O–H groups in total. The van der Waals surface area contributed by atoms with E-state index in [-0.39, 0.29) is 80.3 Å². The second-order valence-corrected chi connectivity index (χ2v) is 19.4. The van der Waals surface area contributed by atoms with Crippen molar-refractivity contribution in [1.29, 1.82) is 0 Å². The van der Waals surface area contributed by atoms with Crippen molar-refractivity contribution in [3.63, 3.8) is 0 Å². The number of nitrogens with one attached hydrogen (secondary N) is 3. The maximum atomic E-state index is 13.8. The van der Waals surface area contributed by atoms with Crippen molar-refractivity contribution < 1.29 is 14.4 Å². The van der Waals surface area contributed by atoms with Crippen LogP contribution in [0.3, 0.4) is 0 Å². The molecule has 3 atom stereocenters. The van der Waals surface area contributed by atoms with E-state index in [1.165, 1.54) is 6.08 Å². The van der Waals surface area contributed by atoms with Gasteiger partial charge in [0, 0.05) is 29.8 Å². The van der Waals surface area contributed by atoms with Crippen molar-refractivity contribution in [2.75, 3.05) is 0 Å². The van der Waals surface area contributed by atoms with E-state index in [9.17, 15) is 14.4 Å². The van der Waals surface area contributed by atoms with Crippen molar-refractivity contribution in [2.45, 2.75) is 168 Å². The van der Waals surface area contributed by atoms with Gasteiger partial charge in [0.05, 0.1) is 6.42 Å². The normalized spacial score (nSPS) is 16.4. The molecule has 0 aliphatic heterocycles. The molecule has 0 aliphatic carbocycles. The number of hydrogen-bond acceptors (Lipinski definition) is 3. The first kappa shape index (κ1) is 40.1. The van der Waals surface area contributed by atoms with E-state index in [4.69, 9.17) is 0 Å². The van der Waals surface area contributed by atoms with E-state index in [0.717, 1.165) is 19.3 Å². The molecule has 6 nitrogen and oxygen atoms in total. The van der Waals surface area contributed by atoms with Crippen LogP contribution in [0.5, 0.6) is 0 Å². The average Bonchev–Trinajstić information content (AvgIpc) is 2.66. The summed E-state index contributed by atoms with van der Waals surface area (Å²) in [6, 6.07) is -0.311. The van der Waals surface area contributed by atoms with Crippen LogP contribution in [0.4, 0.5) is 0 Å². The Bertz CT molecular complexity index is 936. The summed E-state index contributed by atoms with van der Waals surface area (Å²) in [5, 5.41) is 9.56. The van der Waals surface area contributed by atoms with Gasteiger partial charge < -0.3 is 16.0 Å². The molecule has 0 rings (SSSR count). The van der Waals surface area contributed by atoms with Crippen LogP contribution in [0.2, 0.25) is 0 Å². The van der Waals surface area contributed by atoms with Crippen LogP contribution in [-0.4, -0.2) is 35.8 Å². The highest BCUT2D eigenvalue weighted by molar-refractivity contribution is 6.04. The zero-order valence-corrected chi connectivity index (χ0v) is 30.9. The van der Waals surface area contributed by atoms with Gasteiger partial charge in [0.25, 0.3) is 0 Å². The van der Waals surface area contributed by atoms with Crippen LogP contribution in [-0.2, 0) is 14.4 Å². The maximum Gasteiger partial charge on any atom is 0.248 e. The van der Waals surface area contributed by atoms with Crippen LogP contribution in [0.15, 0.2) is 11.6 Å². The van der Waals surface area contributed by atoms with Crippen LogP contribution in [0.25, 0.3) is 0 Å². The minimum absolute atomic E-state index is 0.0103. The van der Waals surface area contributed by atoms with E-state index in [0.29, 0.717) is 0 Å². The van der Waals surface area contributed by atoms with E-state index >= 15 is 0 Å². The Morgan fingerprint density at radius 3 is 1.12 bits per heavy atom. The summed E-state index contributed by atoms with van der Waals surface area (Å²) in [6.07, 6.45) is 3.54. The van der Waals surface area contributed by atoms with Gasteiger partial charge in [-0.1, -0.05) is 125 Å². The second-order valence-electron chi connectivity index (χ2n) is 19.4. The Hall–Kier alpha value is -1.85. The van der Waals surface area contributed by atoms with E-state index < -0.39 is 0 Å². The smallest absolute Gasteiger partial charge is 0.248 e. The molecule has 0 aromatic carbocycles. The number of hydrogen-bond donors (Lipinski definition) is 3. The summed E-state index contributed by atoms with van der Waals surface area (Å²) in [6.45, 7) is 38.4. The predicted octanol–water partition coefficient (Wildman–Crippen LogP) is 8.20. The fraction of sp³-hybridized carbons (Fsp3) is 0.861. The van der Waals surface area contributed by atoms with E-state index in [1.54, 1.807) is 0 Å². The molecule has 0 bridgehead atoms. The first-order valence-electron chi connectivity index (χ1n) is 15.9. The SMILES string of the molecule is CC(C)(C)CC(NC(=O)C=C(CC(=O)NC(CC(C)(C)C)C(C)(C)C)C(=O)NC(CC(C)(C)C)C(C)(C)C)C(C)(C)C. The van der Waals surface area contributed by atoms with Crippen molar-refractivity contribution in [1.82, 2.24) is 16.0 Å². The fourth-order valence-electron chi connectivity index (χ4n) is 4.80. The molecule has 0 radical (unpaired) electrons. The summed E-state index contributed by atoms with van der Waals surface area (Å²) < 4.78 is 0. The first-order valence-corrected chi connectivity index (χ1v) is 15.9.